The van der Waals surface area contributed by atoms with Crippen LogP contribution in [0.15, 0.2) is 0 Å². The van der Waals surface area contributed by atoms with Crippen LogP contribution >= 0.6 is 0 Å². The monoisotopic (exact) mass is 324 g/mol. The molecule has 3 rings (SSSR count). The molecule has 0 amide bonds. The van der Waals surface area contributed by atoms with Gasteiger partial charge >= 0.3 is 0 Å². The summed E-state index contributed by atoms with van der Waals surface area (Å²) in [6.45, 7) is -1.34. The zero-order valence-electron chi connectivity index (χ0n) is 11.6. The van der Waals surface area contributed by atoms with E-state index in [0.29, 0.717) is 0 Å². The molecule has 10 heteroatoms. The van der Waals surface area contributed by atoms with Gasteiger partial charge in [0.15, 0.2) is 0 Å². The first-order chi connectivity index (χ1) is 10.3. The van der Waals surface area contributed by atoms with E-state index in [1.807, 2.05) is 0 Å². The Labute approximate surface area is 125 Å². The summed E-state index contributed by atoms with van der Waals surface area (Å²) in [6, 6.07) is 0. The van der Waals surface area contributed by atoms with Crippen molar-refractivity contribution in [3.05, 3.63) is 0 Å². The molecule has 0 aromatic carbocycles. The number of ether oxygens (including phenoxy) is 4. The van der Waals surface area contributed by atoms with E-state index in [9.17, 15) is 30.6 Å². The highest BCUT2D eigenvalue weighted by atomic mass is 16.8. The highest BCUT2D eigenvalue weighted by Crippen LogP contribution is 2.38. The summed E-state index contributed by atoms with van der Waals surface area (Å²) in [5, 5.41) is 58.4. The van der Waals surface area contributed by atoms with Crippen LogP contribution in [0.4, 0.5) is 0 Å². The second-order valence-corrected chi connectivity index (χ2v) is 5.83. The predicted molar refractivity (Wildman–Crippen MR) is 65.3 cm³/mol. The Balaban J connectivity index is 1.72. The Morgan fingerprint density at radius 1 is 0.591 bits per heavy atom. The highest BCUT2D eigenvalue weighted by molar-refractivity contribution is 5.00. The first kappa shape index (κ1) is 16.5. The van der Waals surface area contributed by atoms with Gasteiger partial charge in [0.1, 0.15) is 49.8 Å². The second-order valence-electron chi connectivity index (χ2n) is 5.83. The van der Waals surface area contributed by atoms with E-state index in [1.165, 1.54) is 0 Å². The molecule has 3 aliphatic heterocycles. The Kier molecular flexibility index (Phi) is 4.19. The standard InChI is InChI=1S/C12H20O10/c13-5-1-19-11(9(17)7(5)15)3-22-12(4-21-11)10(18)8(16)6(14)2-20-12/h5-10,13-18H,1-4H2. The lowest BCUT2D eigenvalue weighted by Crippen LogP contribution is -2.72. The molecule has 3 heterocycles. The Bertz CT molecular complexity index is 371. The molecular formula is C12H20O10. The molecule has 0 aromatic heterocycles. The number of aliphatic hydroxyl groups excluding tert-OH is 6. The van der Waals surface area contributed by atoms with E-state index in [0.717, 1.165) is 0 Å². The smallest absolute Gasteiger partial charge is 0.221 e. The fourth-order valence-electron chi connectivity index (χ4n) is 2.80. The van der Waals surface area contributed by atoms with Gasteiger partial charge in [-0.15, -0.1) is 0 Å². The highest BCUT2D eigenvalue weighted by Gasteiger charge is 2.60. The summed E-state index contributed by atoms with van der Waals surface area (Å²) in [4.78, 5) is 0. The van der Waals surface area contributed by atoms with Gasteiger partial charge in [-0.05, 0) is 0 Å². The third kappa shape index (κ3) is 2.36. The van der Waals surface area contributed by atoms with Crippen LogP contribution in [0.25, 0.3) is 0 Å². The molecule has 0 radical (unpaired) electrons. The van der Waals surface area contributed by atoms with Gasteiger partial charge in [0.05, 0.1) is 13.2 Å². The van der Waals surface area contributed by atoms with Gasteiger partial charge in [-0.2, -0.15) is 0 Å². The summed E-state index contributed by atoms with van der Waals surface area (Å²) in [6.07, 6.45) is -8.59. The number of aliphatic hydroxyl groups is 6. The van der Waals surface area contributed by atoms with Gasteiger partial charge in [0.2, 0.25) is 11.6 Å². The zero-order chi connectivity index (χ0) is 16.1. The quantitative estimate of drug-likeness (QED) is 0.257. The molecule has 3 aliphatic rings. The summed E-state index contributed by atoms with van der Waals surface area (Å²) in [7, 11) is 0. The van der Waals surface area contributed by atoms with Crippen molar-refractivity contribution in [3.63, 3.8) is 0 Å². The number of hydrogen-bond donors (Lipinski definition) is 6. The Morgan fingerprint density at radius 2 is 0.955 bits per heavy atom. The topological polar surface area (TPSA) is 158 Å². The molecule has 0 saturated carbocycles. The van der Waals surface area contributed by atoms with Crippen molar-refractivity contribution in [1.82, 2.24) is 0 Å². The van der Waals surface area contributed by atoms with Gasteiger partial charge in [-0.3, -0.25) is 0 Å². The lowest BCUT2D eigenvalue weighted by Gasteiger charge is -2.53. The van der Waals surface area contributed by atoms with Gasteiger partial charge in [0.25, 0.3) is 0 Å². The minimum Gasteiger partial charge on any atom is -0.388 e. The molecule has 3 fully saturated rings. The van der Waals surface area contributed by atoms with E-state index in [2.05, 4.69) is 0 Å². The van der Waals surface area contributed by atoms with Crippen molar-refractivity contribution in [2.45, 2.75) is 48.2 Å². The third-order valence-corrected chi connectivity index (χ3v) is 4.37. The average molecular weight is 324 g/mol. The van der Waals surface area contributed by atoms with Crippen LogP contribution in [0.1, 0.15) is 0 Å². The maximum atomic E-state index is 10.0. The molecule has 0 aromatic rings. The fraction of sp³-hybridized carbons (Fsp3) is 1.00. The molecule has 0 aliphatic carbocycles. The number of rotatable bonds is 0. The van der Waals surface area contributed by atoms with E-state index < -0.39 is 61.4 Å². The first-order valence-corrected chi connectivity index (χ1v) is 6.95. The van der Waals surface area contributed by atoms with Crippen LogP contribution in [0.3, 0.4) is 0 Å². The van der Waals surface area contributed by atoms with Crippen molar-refractivity contribution >= 4 is 0 Å². The van der Waals surface area contributed by atoms with Crippen LogP contribution in [0, 0.1) is 0 Å². The van der Waals surface area contributed by atoms with Gasteiger partial charge in [0, 0.05) is 0 Å². The molecule has 2 spiro atoms. The molecule has 22 heavy (non-hydrogen) atoms. The van der Waals surface area contributed by atoms with Crippen molar-refractivity contribution < 1.29 is 49.6 Å². The van der Waals surface area contributed by atoms with E-state index in [-0.39, 0.29) is 13.2 Å². The van der Waals surface area contributed by atoms with Crippen molar-refractivity contribution in [2.24, 2.45) is 0 Å². The van der Waals surface area contributed by atoms with E-state index >= 15 is 0 Å². The van der Waals surface area contributed by atoms with Gasteiger partial charge in [-0.1, -0.05) is 0 Å². The minimum absolute atomic E-state index is 0.265. The second kappa shape index (κ2) is 5.60. The summed E-state index contributed by atoms with van der Waals surface area (Å²) in [5.74, 6) is -3.40. The zero-order valence-corrected chi connectivity index (χ0v) is 11.6. The predicted octanol–water partition coefficient (Wildman–Crippen LogP) is -4.35. The van der Waals surface area contributed by atoms with Crippen LogP contribution in [-0.2, 0) is 18.9 Å². The number of hydrogen-bond acceptors (Lipinski definition) is 10. The molecular weight excluding hydrogens is 304 g/mol. The molecule has 3 saturated heterocycles. The van der Waals surface area contributed by atoms with Crippen molar-refractivity contribution in [1.29, 1.82) is 0 Å². The normalized spacial score (nSPS) is 56.5. The molecule has 0 bridgehead atoms. The SMILES string of the molecule is OC1COC2(COC3(CO2)OCC(O)C(O)C3O)C(O)C1O. The lowest BCUT2D eigenvalue weighted by atomic mass is 9.93. The van der Waals surface area contributed by atoms with Crippen LogP contribution < -0.4 is 0 Å². The van der Waals surface area contributed by atoms with E-state index in [4.69, 9.17) is 18.9 Å². The molecule has 8 unspecified atom stereocenters. The average Bonchev–Trinajstić information content (AvgIpc) is 2.53. The van der Waals surface area contributed by atoms with Gasteiger partial charge < -0.3 is 49.6 Å². The maximum absolute atomic E-state index is 10.0. The minimum atomic E-state index is -1.70. The van der Waals surface area contributed by atoms with E-state index in [1.54, 1.807) is 0 Å². The molecule has 128 valence electrons. The first-order valence-electron chi connectivity index (χ1n) is 6.95. The molecule has 6 N–H and O–H groups in total. The maximum Gasteiger partial charge on any atom is 0.221 e. The van der Waals surface area contributed by atoms with Crippen LogP contribution in [0.5, 0.6) is 0 Å². The summed E-state index contributed by atoms with van der Waals surface area (Å²) in [5.41, 5.74) is 0. The lowest BCUT2D eigenvalue weighted by molar-refractivity contribution is -0.450. The fourth-order valence-corrected chi connectivity index (χ4v) is 2.80. The third-order valence-electron chi connectivity index (χ3n) is 4.37. The summed E-state index contributed by atoms with van der Waals surface area (Å²) < 4.78 is 21.4. The Morgan fingerprint density at radius 3 is 1.27 bits per heavy atom. The van der Waals surface area contributed by atoms with Crippen molar-refractivity contribution in [2.75, 3.05) is 26.4 Å². The van der Waals surface area contributed by atoms with Crippen LogP contribution in [0.2, 0.25) is 0 Å². The summed E-state index contributed by atoms with van der Waals surface area (Å²) >= 11 is 0. The molecule has 8 atom stereocenters. The molecule has 10 nitrogen and oxygen atoms in total. The largest absolute Gasteiger partial charge is 0.388 e. The van der Waals surface area contributed by atoms with Crippen LogP contribution in [-0.4, -0.2) is 105 Å². The van der Waals surface area contributed by atoms with Gasteiger partial charge in [-0.25, -0.2) is 0 Å². The Hall–Kier alpha value is -0.400. The van der Waals surface area contributed by atoms with Crippen molar-refractivity contribution in [3.8, 4) is 0 Å².